The zero-order chi connectivity index (χ0) is 8.81. The van der Waals surface area contributed by atoms with Crippen LogP contribution in [-0.4, -0.2) is 48.8 Å². The van der Waals surface area contributed by atoms with Crippen molar-refractivity contribution in [1.29, 1.82) is 0 Å². The normalized spacial score (nSPS) is 25.0. The van der Waals surface area contributed by atoms with Crippen molar-refractivity contribution < 1.29 is 5.11 Å². The highest BCUT2D eigenvalue weighted by Gasteiger charge is 2.22. The number of aliphatic hydroxyl groups is 1. The molecule has 1 aliphatic heterocycles. The van der Waals surface area contributed by atoms with Crippen LogP contribution in [0.15, 0.2) is 0 Å². The molecule has 1 atom stereocenters. The molecule has 1 unspecified atom stereocenters. The number of nitrogens with one attached hydrogen (secondary N) is 1. The Bertz CT molecular complexity index is 119. The van der Waals surface area contributed by atoms with E-state index in [4.69, 9.17) is 5.11 Å². The second-order valence-electron chi connectivity index (χ2n) is 3.36. The molecule has 0 aromatic carbocycles. The topological polar surface area (TPSA) is 35.5 Å². The molecule has 2 N–H and O–H groups in total. The van der Waals surface area contributed by atoms with Gasteiger partial charge in [-0.15, -0.1) is 0 Å². The Morgan fingerprint density at radius 1 is 1.58 bits per heavy atom. The lowest BCUT2D eigenvalue weighted by Crippen LogP contribution is -2.39. The first kappa shape index (κ1) is 9.96. The standard InChI is InChI=1S/C9H20N2O/c1-2-10-8-9-4-3-5-11(9)6-7-12/h9-10,12H,2-8H2,1H3. The summed E-state index contributed by atoms with van der Waals surface area (Å²) in [6.45, 7) is 6.56. The molecule has 1 heterocycles. The molecule has 0 saturated carbocycles. The van der Waals surface area contributed by atoms with Crippen LogP contribution in [0.5, 0.6) is 0 Å². The van der Waals surface area contributed by atoms with Crippen LogP contribution < -0.4 is 5.32 Å². The number of likely N-dealkylation sites (tertiary alicyclic amines) is 1. The second-order valence-corrected chi connectivity index (χ2v) is 3.36. The lowest BCUT2D eigenvalue weighted by atomic mass is 10.2. The first-order valence-electron chi connectivity index (χ1n) is 4.94. The van der Waals surface area contributed by atoms with E-state index in [1.54, 1.807) is 0 Å². The highest BCUT2D eigenvalue weighted by Crippen LogP contribution is 2.15. The van der Waals surface area contributed by atoms with Gasteiger partial charge in [0.05, 0.1) is 6.61 Å². The van der Waals surface area contributed by atoms with Gasteiger partial charge in [-0.3, -0.25) is 4.90 Å². The molecule has 0 amide bonds. The summed E-state index contributed by atoms with van der Waals surface area (Å²) >= 11 is 0. The van der Waals surface area contributed by atoms with Gasteiger partial charge in [0.2, 0.25) is 0 Å². The van der Waals surface area contributed by atoms with Gasteiger partial charge in [-0.05, 0) is 25.9 Å². The van der Waals surface area contributed by atoms with Crippen LogP contribution in [0.3, 0.4) is 0 Å². The quantitative estimate of drug-likeness (QED) is 0.615. The Hall–Kier alpha value is -0.120. The smallest absolute Gasteiger partial charge is 0.0558 e. The minimum Gasteiger partial charge on any atom is -0.395 e. The Morgan fingerprint density at radius 3 is 3.08 bits per heavy atom. The highest BCUT2D eigenvalue weighted by molar-refractivity contribution is 4.80. The maximum absolute atomic E-state index is 8.81. The summed E-state index contributed by atoms with van der Waals surface area (Å²) in [7, 11) is 0. The number of hydrogen-bond donors (Lipinski definition) is 2. The van der Waals surface area contributed by atoms with Crippen LogP contribution >= 0.6 is 0 Å². The fraction of sp³-hybridized carbons (Fsp3) is 1.00. The monoisotopic (exact) mass is 172 g/mol. The molecule has 0 spiro atoms. The third kappa shape index (κ3) is 2.73. The molecule has 0 aromatic rings. The molecule has 0 aliphatic carbocycles. The van der Waals surface area contributed by atoms with E-state index < -0.39 is 0 Å². The number of β-amino-alcohol motifs (C(OH)–C–C–N with tert-alkyl or cyclic N) is 1. The first-order chi connectivity index (χ1) is 5.88. The van der Waals surface area contributed by atoms with Crippen molar-refractivity contribution in [2.75, 3.05) is 32.8 Å². The van der Waals surface area contributed by atoms with Gasteiger partial charge < -0.3 is 10.4 Å². The molecule has 1 rings (SSSR count). The summed E-state index contributed by atoms with van der Waals surface area (Å²) in [5.41, 5.74) is 0. The van der Waals surface area contributed by atoms with Gasteiger partial charge in [0.15, 0.2) is 0 Å². The van der Waals surface area contributed by atoms with E-state index in [0.717, 1.165) is 26.2 Å². The van der Waals surface area contributed by atoms with Crippen molar-refractivity contribution in [3.05, 3.63) is 0 Å². The Kier molecular flexibility index (Phi) is 4.58. The number of nitrogens with zero attached hydrogens (tertiary/aromatic N) is 1. The molecule has 72 valence electrons. The fourth-order valence-corrected chi connectivity index (χ4v) is 1.86. The molecule has 3 heteroatoms. The predicted molar refractivity (Wildman–Crippen MR) is 50.2 cm³/mol. The van der Waals surface area contributed by atoms with Crippen molar-refractivity contribution in [3.63, 3.8) is 0 Å². The van der Waals surface area contributed by atoms with Gasteiger partial charge in [-0.2, -0.15) is 0 Å². The van der Waals surface area contributed by atoms with Crippen molar-refractivity contribution in [1.82, 2.24) is 10.2 Å². The molecule has 1 saturated heterocycles. The summed E-state index contributed by atoms with van der Waals surface area (Å²) < 4.78 is 0. The average molecular weight is 172 g/mol. The zero-order valence-electron chi connectivity index (χ0n) is 7.92. The summed E-state index contributed by atoms with van der Waals surface area (Å²) in [6, 6.07) is 0.664. The molecule has 1 aliphatic rings. The van der Waals surface area contributed by atoms with E-state index >= 15 is 0 Å². The lowest BCUT2D eigenvalue weighted by molar-refractivity contribution is 0.183. The molecule has 3 nitrogen and oxygen atoms in total. The minimum absolute atomic E-state index is 0.294. The molecule has 12 heavy (non-hydrogen) atoms. The van der Waals surface area contributed by atoms with Gasteiger partial charge in [0, 0.05) is 19.1 Å². The molecular weight excluding hydrogens is 152 g/mol. The average Bonchev–Trinajstić information content (AvgIpc) is 2.50. The minimum atomic E-state index is 0.294. The number of rotatable bonds is 5. The van der Waals surface area contributed by atoms with Gasteiger partial charge in [-0.25, -0.2) is 0 Å². The van der Waals surface area contributed by atoms with Crippen LogP contribution in [0.2, 0.25) is 0 Å². The molecule has 0 aromatic heterocycles. The van der Waals surface area contributed by atoms with E-state index in [1.807, 2.05) is 0 Å². The third-order valence-electron chi connectivity index (χ3n) is 2.52. The highest BCUT2D eigenvalue weighted by atomic mass is 16.3. The predicted octanol–water partition coefficient (Wildman–Crippen LogP) is 0.0526. The maximum Gasteiger partial charge on any atom is 0.0558 e. The largest absolute Gasteiger partial charge is 0.395 e. The van der Waals surface area contributed by atoms with Crippen LogP contribution in [0, 0.1) is 0 Å². The zero-order valence-corrected chi connectivity index (χ0v) is 7.92. The van der Waals surface area contributed by atoms with Crippen LogP contribution in [0.1, 0.15) is 19.8 Å². The van der Waals surface area contributed by atoms with Gasteiger partial charge >= 0.3 is 0 Å². The molecule has 0 bridgehead atoms. The van der Waals surface area contributed by atoms with Crippen molar-refractivity contribution in [3.8, 4) is 0 Å². The molecule has 1 fully saturated rings. The summed E-state index contributed by atoms with van der Waals surface area (Å²) in [6.07, 6.45) is 2.57. The van der Waals surface area contributed by atoms with Gasteiger partial charge in [0.1, 0.15) is 0 Å². The van der Waals surface area contributed by atoms with Crippen molar-refractivity contribution >= 4 is 0 Å². The second kappa shape index (κ2) is 5.51. The number of aliphatic hydroxyl groups excluding tert-OH is 1. The van der Waals surface area contributed by atoms with Gasteiger partial charge in [-0.1, -0.05) is 6.92 Å². The van der Waals surface area contributed by atoms with E-state index in [2.05, 4.69) is 17.1 Å². The van der Waals surface area contributed by atoms with Crippen molar-refractivity contribution in [2.24, 2.45) is 0 Å². The maximum atomic E-state index is 8.81. The Balaban J connectivity index is 2.20. The SMILES string of the molecule is CCNCC1CCCN1CCO. The van der Waals surface area contributed by atoms with Crippen LogP contribution in [-0.2, 0) is 0 Å². The molecular formula is C9H20N2O. The number of likely N-dealkylation sites (N-methyl/N-ethyl adjacent to an activating group) is 1. The van der Waals surface area contributed by atoms with E-state index in [9.17, 15) is 0 Å². The Morgan fingerprint density at radius 2 is 2.42 bits per heavy atom. The van der Waals surface area contributed by atoms with E-state index in [0.29, 0.717) is 12.6 Å². The summed E-state index contributed by atoms with van der Waals surface area (Å²) in [4.78, 5) is 2.38. The Labute approximate surface area is 74.8 Å². The number of hydrogen-bond acceptors (Lipinski definition) is 3. The molecule has 0 radical (unpaired) electrons. The van der Waals surface area contributed by atoms with Crippen molar-refractivity contribution in [2.45, 2.75) is 25.8 Å². The lowest BCUT2D eigenvalue weighted by Gasteiger charge is -2.23. The third-order valence-corrected chi connectivity index (χ3v) is 2.52. The fourth-order valence-electron chi connectivity index (χ4n) is 1.86. The summed E-state index contributed by atoms with van der Waals surface area (Å²) in [5.74, 6) is 0. The van der Waals surface area contributed by atoms with Gasteiger partial charge in [0.25, 0.3) is 0 Å². The first-order valence-corrected chi connectivity index (χ1v) is 4.94. The van der Waals surface area contributed by atoms with E-state index in [-0.39, 0.29) is 0 Å². The van der Waals surface area contributed by atoms with E-state index in [1.165, 1.54) is 12.8 Å². The van der Waals surface area contributed by atoms with Crippen LogP contribution in [0.4, 0.5) is 0 Å². The van der Waals surface area contributed by atoms with Crippen LogP contribution in [0.25, 0.3) is 0 Å². The summed E-state index contributed by atoms with van der Waals surface area (Å²) in [5, 5.41) is 12.2.